The van der Waals surface area contributed by atoms with Crippen molar-refractivity contribution in [2.75, 3.05) is 10.0 Å². The Hall–Kier alpha value is -3.65. The second kappa shape index (κ2) is 8.61. The zero-order valence-electron chi connectivity index (χ0n) is 17.3. The minimum atomic E-state index is -3.83. The van der Waals surface area contributed by atoms with Crippen LogP contribution >= 0.6 is 0 Å². The fourth-order valence-electron chi connectivity index (χ4n) is 3.32. The Morgan fingerprint density at radius 3 is 1.94 bits per heavy atom. The van der Waals surface area contributed by atoms with Crippen LogP contribution in [0.4, 0.5) is 11.4 Å². The zero-order chi connectivity index (χ0) is 22.8. The molecule has 3 aromatic rings. The molecule has 0 bridgehead atoms. The van der Waals surface area contributed by atoms with Crippen LogP contribution in [0, 0.1) is 20.8 Å². The molecule has 0 unspecified atom stereocenters. The van der Waals surface area contributed by atoms with Crippen molar-refractivity contribution in [3.8, 4) is 0 Å². The number of anilines is 2. The van der Waals surface area contributed by atoms with Crippen molar-refractivity contribution in [3.63, 3.8) is 0 Å². The van der Waals surface area contributed by atoms with Crippen molar-refractivity contribution in [2.24, 2.45) is 0 Å². The summed E-state index contributed by atoms with van der Waals surface area (Å²) in [4.78, 5) is 23.8. The van der Waals surface area contributed by atoms with E-state index in [9.17, 15) is 23.1 Å². The molecule has 3 N–H and O–H groups in total. The Labute approximate surface area is 180 Å². The van der Waals surface area contributed by atoms with Gasteiger partial charge in [-0.2, -0.15) is 0 Å². The molecule has 0 aliphatic rings. The summed E-state index contributed by atoms with van der Waals surface area (Å²) in [6.07, 6.45) is 0. The van der Waals surface area contributed by atoms with Gasteiger partial charge in [-0.1, -0.05) is 29.8 Å². The molecule has 31 heavy (non-hydrogen) atoms. The molecule has 0 atom stereocenters. The third kappa shape index (κ3) is 4.92. The third-order valence-electron chi connectivity index (χ3n) is 4.74. The second-order valence-corrected chi connectivity index (χ2v) is 8.89. The summed E-state index contributed by atoms with van der Waals surface area (Å²) in [5, 5.41) is 11.8. The van der Waals surface area contributed by atoms with Gasteiger partial charge >= 0.3 is 5.97 Å². The fourth-order valence-corrected chi connectivity index (χ4v) is 4.52. The smallest absolute Gasteiger partial charge is 0.336 e. The number of nitrogens with one attached hydrogen (secondary N) is 2. The van der Waals surface area contributed by atoms with Crippen LogP contribution in [-0.2, 0) is 10.0 Å². The van der Waals surface area contributed by atoms with Crippen LogP contribution in [0.1, 0.15) is 37.4 Å². The summed E-state index contributed by atoms with van der Waals surface area (Å²) >= 11 is 0. The zero-order valence-corrected chi connectivity index (χ0v) is 18.1. The molecule has 7 nitrogen and oxygen atoms in total. The number of aryl methyl sites for hydroxylation is 3. The van der Waals surface area contributed by atoms with Gasteiger partial charge in [-0.25, -0.2) is 13.2 Å². The van der Waals surface area contributed by atoms with Crippen molar-refractivity contribution in [1.29, 1.82) is 0 Å². The van der Waals surface area contributed by atoms with E-state index in [1.807, 2.05) is 32.9 Å². The van der Waals surface area contributed by atoms with Gasteiger partial charge in [0.15, 0.2) is 0 Å². The average Bonchev–Trinajstić information content (AvgIpc) is 2.71. The molecule has 0 aliphatic heterocycles. The number of amides is 1. The van der Waals surface area contributed by atoms with Crippen LogP contribution in [-0.4, -0.2) is 25.4 Å². The van der Waals surface area contributed by atoms with Gasteiger partial charge in [0.25, 0.3) is 15.9 Å². The van der Waals surface area contributed by atoms with Gasteiger partial charge in [0, 0.05) is 5.69 Å². The molecule has 0 saturated carbocycles. The number of rotatable bonds is 6. The Morgan fingerprint density at radius 2 is 1.39 bits per heavy atom. The average molecular weight is 439 g/mol. The summed E-state index contributed by atoms with van der Waals surface area (Å²) in [5.74, 6) is -1.81. The molecule has 0 heterocycles. The molecule has 8 heteroatoms. The molecule has 3 rings (SSSR count). The van der Waals surface area contributed by atoms with E-state index < -0.39 is 21.9 Å². The summed E-state index contributed by atoms with van der Waals surface area (Å²) in [6.45, 7) is 5.62. The predicted octanol–water partition coefficient (Wildman–Crippen LogP) is 4.36. The van der Waals surface area contributed by atoms with E-state index >= 15 is 0 Å². The Balaban J connectivity index is 1.80. The lowest BCUT2D eigenvalue weighted by Gasteiger charge is -2.14. The largest absolute Gasteiger partial charge is 0.478 e. The van der Waals surface area contributed by atoms with Crippen LogP contribution < -0.4 is 10.0 Å². The molecule has 0 fully saturated rings. The topological polar surface area (TPSA) is 113 Å². The number of sulfonamides is 1. The van der Waals surface area contributed by atoms with Gasteiger partial charge in [-0.15, -0.1) is 0 Å². The molecular formula is C23H22N2O5S. The van der Waals surface area contributed by atoms with Crippen molar-refractivity contribution < 1.29 is 23.1 Å². The molecular weight excluding hydrogens is 416 g/mol. The highest BCUT2D eigenvalue weighted by atomic mass is 32.2. The molecule has 0 aliphatic carbocycles. The monoisotopic (exact) mass is 438 g/mol. The van der Waals surface area contributed by atoms with Crippen molar-refractivity contribution >= 4 is 33.3 Å². The Bertz CT molecular complexity index is 1240. The summed E-state index contributed by atoms with van der Waals surface area (Å²) in [7, 11) is -3.83. The summed E-state index contributed by atoms with van der Waals surface area (Å²) < 4.78 is 28.2. The van der Waals surface area contributed by atoms with Crippen LogP contribution in [0.5, 0.6) is 0 Å². The van der Waals surface area contributed by atoms with E-state index in [1.165, 1.54) is 42.5 Å². The number of carboxylic acid groups (broad SMARTS) is 1. The SMILES string of the molecule is Cc1cc(C)c(NS(=O)(=O)c2ccc(NC(=O)c3ccccc3C(=O)O)cc2)c(C)c1. The fraction of sp³-hybridized carbons (Fsp3) is 0.130. The van der Waals surface area contributed by atoms with E-state index in [0.29, 0.717) is 11.4 Å². The number of carbonyl (C=O) groups is 2. The number of hydrogen-bond acceptors (Lipinski definition) is 4. The summed E-state index contributed by atoms with van der Waals surface area (Å²) in [6, 6.07) is 15.3. The number of hydrogen-bond donors (Lipinski definition) is 3. The van der Waals surface area contributed by atoms with Gasteiger partial charge in [-0.05, 0) is 68.3 Å². The first-order valence-corrected chi connectivity index (χ1v) is 10.9. The van der Waals surface area contributed by atoms with Crippen LogP contribution in [0.3, 0.4) is 0 Å². The number of benzene rings is 3. The minimum Gasteiger partial charge on any atom is -0.478 e. The second-order valence-electron chi connectivity index (χ2n) is 7.21. The molecule has 1 amide bonds. The highest BCUT2D eigenvalue weighted by Crippen LogP contribution is 2.25. The van der Waals surface area contributed by atoms with Crippen molar-refractivity contribution in [3.05, 3.63) is 88.5 Å². The van der Waals surface area contributed by atoms with E-state index in [4.69, 9.17) is 0 Å². The molecule has 0 aromatic heterocycles. The molecule has 0 spiro atoms. The molecule has 0 radical (unpaired) electrons. The lowest BCUT2D eigenvalue weighted by atomic mass is 10.1. The molecule has 160 valence electrons. The van der Waals surface area contributed by atoms with Gasteiger partial charge in [0.1, 0.15) is 0 Å². The van der Waals surface area contributed by atoms with Crippen LogP contribution in [0.2, 0.25) is 0 Å². The highest BCUT2D eigenvalue weighted by Gasteiger charge is 2.18. The Kier molecular flexibility index (Phi) is 6.12. The lowest BCUT2D eigenvalue weighted by molar-refractivity contribution is 0.0692. The van der Waals surface area contributed by atoms with Crippen molar-refractivity contribution in [2.45, 2.75) is 25.7 Å². The number of carboxylic acids is 1. The normalized spacial score (nSPS) is 11.1. The van der Waals surface area contributed by atoms with Gasteiger partial charge in [0.05, 0.1) is 21.7 Å². The van der Waals surface area contributed by atoms with E-state index in [0.717, 1.165) is 16.7 Å². The highest BCUT2D eigenvalue weighted by molar-refractivity contribution is 7.92. The van der Waals surface area contributed by atoms with E-state index in [1.54, 1.807) is 6.07 Å². The number of carbonyl (C=O) groups excluding carboxylic acids is 1. The predicted molar refractivity (Wildman–Crippen MR) is 119 cm³/mol. The quantitative estimate of drug-likeness (QED) is 0.529. The third-order valence-corrected chi connectivity index (χ3v) is 6.10. The standard InChI is InChI=1S/C23H22N2O5S/c1-14-12-15(2)21(16(3)13-14)25-31(29,30)18-10-8-17(9-11-18)24-22(26)19-6-4-5-7-20(19)23(27)28/h4-13,25H,1-3H3,(H,24,26)(H,27,28). The maximum Gasteiger partial charge on any atom is 0.336 e. The van der Waals surface area contributed by atoms with E-state index in [-0.39, 0.29) is 16.0 Å². The number of aromatic carboxylic acids is 1. The maximum atomic E-state index is 12.8. The maximum absolute atomic E-state index is 12.8. The Morgan fingerprint density at radius 1 is 0.839 bits per heavy atom. The first-order valence-electron chi connectivity index (χ1n) is 9.43. The first kappa shape index (κ1) is 22.0. The van der Waals surface area contributed by atoms with E-state index in [2.05, 4.69) is 10.0 Å². The summed E-state index contributed by atoms with van der Waals surface area (Å²) in [5.41, 5.74) is 3.46. The van der Waals surface area contributed by atoms with Crippen LogP contribution in [0.25, 0.3) is 0 Å². The van der Waals surface area contributed by atoms with Gasteiger partial charge in [0.2, 0.25) is 0 Å². The molecule has 3 aromatic carbocycles. The molecule has 0 saturated heterocycles. The lowest BCUT2D eigenvalue weighted by Crippen LogP contribution is -2.17. The van der Waals surface area contributed by atoms with Gasteiger partial charge < -0.3 is 10.4 Å². The first-order chi connectivity index (χ1) is 14.6. The van der Waals surface area contributed by atoms with Gasteiger partial charge in [-0.3, -0.25) is 9.52 Å². The minimum absolute atomic E-state index is 0.0127. The van der Waals surface area contributed by atoms with Crippen LogP contribution in [0.15, 0.2) is 65.6 Å². The van der Waals surface area contributed by atoms with Crippen molar-refractivity contribution in [1.82, 2.24) is 0 Å².